The van der Waals surface area contributed by atoms with E-state index in [1.165, 1.54) is 11.3 Å². The quantitative estimate of drug-likeness (QED) is 0.664. The van der Waals surface area contributed by atoms with Crippen molar-refractivity contribution >= 4 is 33.4 Å². The lowest BCUT2D eigenvalue weighted by atomic mass is 10.1. The molecule has 1 N–H and O–H groups in total. The Balaban J connectivity index is 1.35. The van der Waals surface area contributed by atoms with E-state index in [0.717, 1.165) is 42.9 Å². The highest BCUT2D eigenvalue weighted by Crippen LogP contribution is 2.33. The molecule has 2 amide bonds. The van der Waals surface area contributed by atoms with E-state index in [9.17, 15) is 9.59 Å². The van der Waals surface area contributed by atoms with Crippen LogP contribution in [-0.4, -0.2) is 61.9 Å². The third-order valence-corrected chi connectivity index (χ3v) is 6.68. The second-order valence-electron chi connectivity index (χ2n) is 7.59. The van der Waals surface area contributed by atoms with Crippen LogP contribution in [0.3, 0.4) is 0 Å². The number of amides is 2. The second kappa shape index (κ2) is 9.51. The maximum Gasteiger partial charge on any atom is 0.242 e. The van der Waals surface area contributed by atoms with E-state index in [4.69, 9.17) is 9.47 Å². The summed E-state index contributed by atoms with van der Waals surface area (Å²) in [6.45, 7) is 1.95. The van der Waals surface area contributed by atoms with Crippen LogP contribution in [0, 0.1) is 0 Å². The fourth-order valence-electron chi connectivity index (χ4n) is 4.05. The summed E-state index contributed by atoms with van der Waals surface area (Å²) in [4.78, 5) is 28.5. The van der Waals surface area contributed by atoms with Crippen LogP contribution in [0.4, 0.5) is 10.3 Å². The highest BCUT2D eigenvalue weighted by atomic mass is 32.1. The Morgan fingerprint density at radius 2 is 2.03 bits per heavy atom. The SMILES string of the molecule is COc1ccc(CCNC(=O)[C@H]2CCCN2c2nnc(N3CCCC3=O)s2)c(OC)c1. The highest BCUT2D eigenvalue weighted by Gasteiger charge is 2.34. The van der Waals surface area contributed by atoms with Gasteiger partial charge in [-0.05, 0) is 37.3 Å². The molecule has 3 heterocycles. The molecule has 2 saturated heterocycles. The van der Waals surface area contributed by atoms with Gasteiger partial charge in [-0.25, -0.2) is 0 Å². The molecule has 2 aliphatic rings. The number of aromatic nitrogens is 2. The molecule has 2 aliphatic heterocycles. The molecule has 10 heteroatoms. The van der Waals surface area contributed by atoms with E-state index in [2.05, 4.69) is 15.5 Å². The van der Waals surface area contributed by atoms with Gasteiger partial charge in [0.2, 0.25) is 22.1 Å². The largest absolute Gasteiger partial charge is 0.497 e. The van der Waals surface area contributed by atoms with Crippen molar-refractivity contribution < 1.29 is 19.1 Å². The van der Waals surface area contributed by atoms with Crippen LogP contribution in [0.15, 0.2) is 18.2 Å². The molecule has 1 aromatic heterocycles. The van der Waals surface area contributed by atoms with E-state index in [1.54, 1.807) is 19.1 Å². The predicted molar refractivity (Wildman–Crippen MR) is 118 cm³/mol. The number of hydrogen-bond acceptors (Lipinski definition) is 8. The topological polar surface area (TPSA) is 96.9 Å². The number of benzene rings is 1. The third-order valence-electron chi connectivity index (χ3n) is 5.70. The Hall–Kier alpha value is -2.88. The average molecular weight is 446 g/mol. The molecule has 0 unspecified atom stereocenters. The zero-order valence-corrected chi connectivity index (χ0v) is 18.6. The van der Waals surface area contributed by atoms with Crippen LogP contribution >= 0.6 is 11.3 Å². The van der Waals surface area contributed by atoms with Crippen LogP contribution in [-0.2, 0) is 16.0 Å². The summed E-state index contributed by atoms with van der Waals surface area (Å²) >= 11 is 1.38. The smallest absolute Gasteiger partial charge is 0.242 e. The third kappa shape index (κ3) is 4.58. The highest BCUT2D eigenvalue weighted by molar-refractivity contribution is 7.19. The number of anilines is 2. The number of ether oxygens (including phenoxy) is 2. The summed E-state index contributed by atoms with van der Waals surface area (Å²) in [5.74, 6) is 1.55. The first kappa shape index (κ1) is 21.4. The molecule has 1 aromatic carbocycles. The second-order valence-corrected chi connectivity index (χ2v) is 8.52. The molecule has 2 aromatic rings. The van der Waals surface area contributed by atoms with Gasteiger partial charge in [0.15, 0.2) is 0 Å². The molecule has 9 nitrogen and oxygen atoms in total. The standard InChI is InChI=1S/C21H27N5O4S/c1-29-15-8-7-14(17(13-15)30-2)9-10-22-19(28)16-5-3-11-25(16)20-23-24-21(31-20)26-12-4-6-18(26)27/h7-8,13,16H,3-6,9-12H2,1-2H3,(H,22,28)/t16-/m1/s1. The van der Waals surface area contributed by atoms with E-state index < -0.39 is 0 Å². The minimum absolute atomic E-state index is 0.0148. The molecule has 0 saturated carbocycles. The van der Waals surface area contributed by atoms with Crippen molar-refractivity contribution in [2.45, 2.75) is 38.1 Å². The van der Waals surface area contributed by atoms with Gasteiger partial charge in [-0.3, -0.25) is 14.5 Å². The maximum atomic E-state index is 12.9. The van der Waals surface area contributed by atoms with Gasteiger partial charge < -0.3 is 19.7 Å². The molecule has 4 rings (SSSR count). The summed E-state index contributed by atoms with van der Waals surface area (Å²) in [7, 11) is 3.24. The fraction of sp³-hybridized carbons (Fsp3) is 0.524. The number of methoxy groups -OCH3 is 2. The van der Waals surface area contributed by atoms with Gasteiger partial charge in [0, 0.05) is 32.1 Å². The van der Waals surface area contributed by atoms with Gasteiger partial charge >= 0.3 is 0 Å². The van der Waals surface area contributed by atoms with Crippen molar-refractivity contribution in [2.75, 3.05) is 43.7 Å². The number of carbonyl (C=O) groups excluding carboxylic acids is 2. The number of nitrogens with one attached hydrogen (secondary N) is 1. The minimum Gasteiger partial charge on any atom is -0.497 e. The summed E-state index contributed by atoms with van der Waals surface area (Å²) in [5.41, 5.74) is 1.01. The number of nitrogens with zero attached hydrogens (tertiary/aromatic N) is 4. The zero-order valence-electron chi connectivity index (χ0n) is 17.8. The first-order chi connectivity index (χ1) is 15.1. The molecular weight excluding hydrogens is 418 g/mol. The first-order valence-electron chi connectivity index (χ1n) is 10.5. The lowest BCUT2D eigenvalue weighted by Crippen LogP contribution is -2.44. The Kier molecular flexibility index (Phi) is 6.55. The molecule has 0 spiro atoms. The van der Waals surface area contributed by atoms with Crippen molar-refractivity contribution in [1.29, 1.82) is 0 Å². The lowest BCUT2D eigenvalue weighted by Gasteiger charge is -2.22. The van der Waals surface area contributed by atoms with Crippen LogP contribution in [0.25, 0.3) is 0 Å². The van der Waals surface area contributed by atoms with Crippen LogP contribution in [0.2, 0.25) is 0 Å². The van der Waals surface area contributed by atoms with E-state index in [-0.39, 0.29) is 17.9 Å². The molecule has 0 bridgehead atoms. The maximum absolute atomic E-state index is 12.9. The molecule has 166 valence electrons. The lowest BCUT2D eigenvalue weighted by molar-refractivity contribution is -0.122. The van der Waals surface area contributed by atoms with Gasteiger partial charge in [0.05, 0.1) is 14.2 Å². The summed E-state index contributed by atoms with van der Waals surface area (Å²) in [6.07, 6.45) is 3.76. The first-order valence-corrected chi connectivity index (χ1v) is 11.3. The van der Waals surface area contributed by atoms with Crippen molar-refractivity contribution in [1.82, 2.24) is 15.5 Å². The molecule has 31 heavy (non-hydrogen) atoms. The number of rotatable bonds is 8. The van der Waals surface area contributed by atoms with Crippen molar-refractivity contribution in [3.05, 3.63) is 23.8 Å². The summed E-state index contributed by atoms with van der Waals surface area (Å²) in [6, 6.07) is 5.41. The van der Waals surface area contributed by atoms with Gasteiger partial charge in [-0.15, -0.1) is 10.2 Å². The summed E-state index contributed by atoms with van der Waals surface area (Å²) < 4.78 is 10.7. The Morgan fingerprint density at radius 3 is 2.77 bits per heavy atom. The van der Waals surface area contributed by atoms with Gasteiger partial charge in [-0.1, -0.05) is 17.4 Å². The number of carbonyl (C=O) groups is 2. The van der Waals surface area contributed by atoms with Crippen LogP contribution in [0.5, 0.6) is 11.5 Å². The number of hydrogen-bond donors (Lipinski definition) is 1. The average Bonchev–Trinajstić information content (AvgIpc) is 3.53. The molecule has 1 atom stereocenters. The van der Waals surface area contributed by atoms with E-state index >= 15 is 0 Å². The van der Waals surface area contributed by atoms with Gasteiger partial charge in [0.1, 0.15) is 17.5 Å². The predicted octanol–water partition coefficient (Wildman–Crippen LogP) is 2.01. The normalized spacial score (nSPS) is 18.5. The molecule has 2 fully saturated rings. The van der Waals surface area contributed by atoms with E-state index in [1.807, 2.05) is 23.1 Å². The van der Waals surface area contributed by atoms with Gasteiger partial charge in [0.25, 0.3) is 0 Å². The van der Waals surface area contributed by atoms with Crippen molar-refractivity contribution in [2.24, 2.45) is 0 Å². The Labute approximate surface area is 185 Å². The van der Waals surface area contributed by atoms with Crippen LogP contribution in [0.1, 0.15) is 31.2 Å². The van der Waals surface area contributed by atoms with E-state index in [0.29, 0.717) is 36.2 Å². The molecule has 0 aliphatic carbocycles. The molecular formula is C21H27N5O4S. The zero-order chi connectivity index (χ0) is 21.8. The summed E-state index contributed by atoms with van der Waals surface area (Å²) in [5, 5.41) is 12.8. The Morgan fingerprint density at radius 1 is 1.19 bits per heavy atom. The Bertz CT molecular complexity index is 950. The minimum atomic E-state index is -0.271. The van der Waals surface area contributed by atoms with Crippen molar-refractivity contribution in [3.63, 3.8) is 0 Å². The molecule has 0 radical (unpaired) electrons. The van der Waals surface area contributed by atoms with Crippen molar-refractivity contribution in [3.8, 4) is 11.5 Å². The monoisotopic (exact) mass is 445 g/mol. The van der Waals surface area contributed by atoms with Crippen LogP contribution < -0.4 is 24.6 Å². The fourth-order valence-corrected chi connectivity index (χ4v) is 5.01. The van der Waals surface area contributed by atoms with Gasteiger partial charge in [-0.2, -0.15) is 0 Å².